The lowest BCUT2D eigenvalue weighted by molar-refractivity contribution is -0.161. The summed E-state index contributed by atoms with van der Waals surface area (Å²) in [6, 6.07) is 0. The molecule has 0 aromatic carbocycles. The van der Waals surface area contributed by atoms with Crippen LogP contribution in [0.25, 0.3) is 0 Å². The van der Waals surface area contributed by atoms with Crippen LogP contribution < -0.4 is 0 Å². The highest BCUT2D eigenvalue weighted by Crippen LogP contribution is 2.42. The number of rotatable bonds is 3. The Bertz CT molecular complexity index is 575. The molecule has 3 heterocycles. The molecule has 3 aliphatic rings. The third-order valence-electron chi connectivity index (χ3n) is 6.22. The summed E-state index contributed by atoms with van der Waals surface area (Å²) in [5.74, 6) is 0.391. The van der Waals surface area contributed by atoms with Crippen molar-refractivity contribution in [1.29, 1.82) is 0 Å². The molecule has 3 aliphatic heterocycles. The summed E-state index contributed by atoms with van der Waals surface area (Å²) < 4.78 is 18.8. The van der Waals surface area contributed by atoms with Crippen LogP contribution in [0, 0.1) is 11.8 Å². The highest BCUT2D eigenvalue weighted by Gasteiger charge is 2.49. The van der Waals surface area contributed by atoms with Gasteiger partial charge in [-0.25, -0.2) is 0 Å². The summed E-state index contributed by atoms with van der Waals surface area (Å²) in [5, 5.41) is 10.7. The SMILES string of the molecule is C[C@H]1[C@@H]([C@@H]2O[C@@H](O[Si](C)(C)C(C)(C)C)C=C[C@@H]2O)[C@@H]2C=CC=C[C@H]1O2. The molecule has 1 N–H and O–H groups in total. The fourth-order valence-electron chi connectivity index (χ4n) is 3.59. The standard InChI is InChI=1S/C20H32O4Si/c1-13-15-9-7-8-10-16(22-15)18(13)19-14(21)11-12-17(23-19)24-25(5,6)20(2,3)4/h7-19,21H,1-6H3/t13-,14+,15-,16+,17+,18-,19-/m1/s1. The molecule has 0 aliphatic carbocycles. The van der Waals surface area contributed by atoms with Gasteiger partial charge in [-0.15, -0.1) is 0 Å². The number of allylic oxidation sites excluding steroid dienone is 2. The first-order valence-corrected chi connectivity index (χ1v) is 12.2. The number of hydrogen-bond acceptors (Lipinski definition) is 4. The van der Waals surface area contributed by atoms with Gasteiger partial charge in [-0.2, -0.15) is 0 Å². The molecule has 0 amide bonds. The van der Waals surface area contributed by atoms with Gasteiger partial charge in [0.25, 0.3) is 0 Å². The van der Waals surface area contributed by atoms with E-state index in [2.05, 4.69) is 52.9 Å². The van der Waals surface area contributed by atoms with Gasteiger partial charge in [0, 0.05) is 5.92 Å². The Labute approximate surface area is 152 Å². The number of hydrogen-bond donors (Lipinski definition) is 1. The summed E-state index contributed by atoms with van der Waals surface area (Å²) in [6.45, 7) is 13.3. The molecule has 1 fully saturated rings. The molecule has 4 nitrogen and oxygen atoms in total. The molecule has 5 heteroatoms. The topological polar surface area (TPSA) is 47.9 Å². The van der Waals surface area contributed by atoms with Crippen LogP contribution in [-0.4, -0.2) is 44.1 Å². The van der Waals surface area contributed by atoms with Crippen molar-refractivity contribution in [2.45, 2.75) is 76.5 Å². The van der Waals surface area contributed by atoms with Crippen molar-refractivity contribution >= 4 is 8.32 Å². The quantitative estimate of drug-likeness (QED) is 0.611. The van der Waals surface area contributed by atoms with Crippen molar-refractivity contribution in [3.63, 3.8) is 0 Å². The monoisotopic (exact) mass is 364 g/mol. The molecule has 0 aromatic rings. The van der Waals surface area contributed by atoms with Crippen molar-refractivity contribution < 1.29 is 19.0 Å². The zero-order valence-electron chi connectivity index (χ0n) is 16.2. The second-order valence-electron chi connectivity index (χ2n) is 8.99. The van der Waals surface area contributed by atoms with Crippen molar-refractivity contribution in [2.75, 3.05) is 0 Å². The zero-order valence-corrected chi connectivity index (χ0v) is 17.2. The minimum atomic E-state index is -1.95. The van der Waals surface area contributed by atoms with Crippen LogP contribution in [0.5, 0.6) is 0 Å². The van der Waals surface area contributed by atoms with Crippen LogP contribution in [0.3, 0.4) is 0 Å². The van der Waals surface area contributed by atoms with E-state index in [-0.39, 0.29) is 35.2 Å². The fraction of sp³-hybridized carbons (Fsp3) is 0.700. The van der Waals surface area contributed by atoms with Crippen molar-refractivity contribution in [3.05, 3.63) is 36.5 Å². The first-order valence-electron chi connectivity index (χ1n) is 9.30. The van der Waals surface area contributed by atoms with E-state index >= 15 is 0 Å². The molecular weight excluding hydrogens is 332 g/mol. The molecule has 7 atom stereocenters. The largest absolute Gasteiger partial charge is 0.389 e. The molecule has 0 aromatic heterocycles. The van der Waals surface area contributed by atoms with Gasteiger partial charge >= 0.3 is 0 Å². The van der Waals surface area contributed by atoms with E-state index in [1.54, 1.807) is 0 Å². The maximum atomic E-state index is 10.6. The van der Waals surface area contributed by atoms with E-state index in [0.29, 0.717) is 0 Å². The van der Waals surface area contributed by atoms with Crippen LogP contribution in [0.2, 0.25) is 18.1 Å². The van der Waals surface area contributed by atoms with E-state index in [1.807, 2.05) is 24.3 Å². The fourth-order valence-corrected chi connectivity index (χ4v) is 4.66. The maximum Gasteiger partial charge on any atom is 0.195 e. The minimum Gasteiger partial charge on any atom is -0.389 e. The molecule has 0 spiro atoms. The van der Waals surface area contributed by atoms with E-state index in [1.165, 1.54) is 0 Å². The molecule has 0 saturated carbocycles. The van der Waals surface area contributed by atoms with Gasteiger partial charge in [-0.1, -0.05) is 58.1 Å². The first-order chi connectivity index (χ1) is 11.6. The van der Waals surface area contributed by atoms with E-state index < -0.39 is 20.7 Å². The maximum absolute atomic E-state index is 10.6. The number of ether oxygens (including phenoxy) is 2. The summed E-state index contributed by atoms with van der Waals surface area (Å²) in [5.41, 5.74) is 0. The van der Waals surface area contributed by atoms with Crippen molar-refractivity contribution in [2.24, 2.45) is 11.8 Å². The normalized spacial score (nSPS) is 41.2. The van der Waals surface area contributed by atoms with Crippen LogP contribution in [0.1, 0.15) is 27.7 Å². The minimum absolute atomic E-state index is 0.0327. The average molecular weight is 365 g/mol. The lowest BCUT2D eigenvalue weighted by Crippen LogP contribution is -2.50. The van der Waals surface area contributed by atoms with Crippen molar-refractivity contribution in [3.8, 4) is 0 Å². The molecule has 3 rings (SSSR count). The van der Waals surface area contributed by atoms with E-state index in [0.717, 1.165) is 0 Å². The van der Waals surface area contributed by atoms with Gasteiger partial charge in [0.15, 0.2) is 14.6 Å². The predicted octanol–water partition coefficient (Wildman–Crippen LogP) is 3.80. The van der Waals surface area contributed by atoms with Gasteiger partial charge in [0.1, 0.15) is 0 Å². The second-order valence-corrected chi connectivity index (χ2v) is 13.8. The number of aliphatic hydroxyl groups is 1. The Hall–Kier alpha value is -0.723. The third-order valence-corrected chi connectivity index (χ3v) is 10.7. The highest BCUT2D eigenvalue weighted by molar-refractivity contribution is 6.74. The smallest absolute Gasteiger partial charge is 0.195 e. The summed E-state index contributed by atoms with van der Waals surface area (Å²) in [7, 11) is -1.95. The molecule has 0 radical (unpaired) electrons. The Kier molecular flexibility index (Phi) is 5.17. The van der Waals surface area contributed by atoms with E-state index in [9.17, 15) is 5.11 Å². The number of fused-ring (bicyclic) bond motifs is 2. The van der Waals surface area contributed by atoms with Crippen LogP contribution >= 0.6 is 0 Å². The van der Waals surface area contributed by atoms with Gasteiger partial charge in [-0.05, 0) is 30.1 Å². The highest BCUT2D eigenvalue weighted by atomic mass is 28.4. The molecule has 1 saturated heterocycles. The third kappa shape index (κ3) is 3.71. The molecule has 0 unspecified atom stereocenters. The summed E-state index contributed by atoms with van der Waals surface area (Å²) in [4.78, 5) is 0. The first kappa shape index (κ1) is 19.0. The molecule has 140 valence electrons. The van der Waals surface area contributed by atoms with Crippen LogP contribution in [-0.2, 0) is 13.9 Å². The summed E-state index contributed by atoms with van der Waals surface area (Å²) in [6.07, 6.45) is 10.6. The average Bonchev–Trinajstić information content (AvgIpc) is 2.68. The Balaban J connectivity index is 1.76. The predicted molar refractivity (Wildman–Crippen MR) is 102 cm³/mol. The molecule has 2 bridgehead atoms. The lowest BCUT2D eigenvalue weighted by Gasteiger charge is -2.42. The lowest BCUT2D eigenvalue weighted by atomic mass is 9.80. The van der Waals surface area contributed by atoms with Crippen LogP contribution in [0.4, 0.5) is 0 Å². The van der Waals surface area contributed by atoms with Gasteiger partial charge in [0.2, 0.25) is 0 Å². The van der Waals surface area contributed by atoms with Gasteiger partial charge < -0.3 is 19.0 Å². The summed E-state index contributed by atoms with van der Waals surface area (Å²) >= 11 is 0. The molecular formula is C20H32O4Si. The number of aliphatic hydroxyl groups excluding tert-OH is 1. The zero-order chi connectivity index (χ0) is 18.4. The van der Waals surface area contributed by atoms with Gasteiger partial charge in [-0.3, -0.25) is 0 Å². The van der Waals surface area contributed by atoms with Gasteiger partial charge in [0.05, 0.1) is 24.4 Å². The van der Waals surface area contributed by atoms with Crippen molar-refractivity contribution in [1.82, 2.24) is 0 Å². The Morgan fingerprint density at radius 3 is 2.24 bits per heavy atom. The second kappa shape index (κ2) is 6.78. The molecule has 25 heavy (non-hydrogen) atoms. The Morgan fingerprint density at radius 2 is 1.60 bits per heavy atom. The van der Waals surface area contributed by atoms with Crippen LogP contribution in [0.15, 0.2) is 36.5 Å². The Morgan fingerprint density at radius 1 is 0.960 bits per heavy atom. The van der Waals surface area contributed by atoms with E-state index in [4.69, 9.17) is 13.9 Å².